The van der Waals surface area contributed by atoms with Crippen LogP contribution in [-0.2, 0) is 0 Å². The maximum atomic E-state index is 5.95. The van der Waals surface area contributed by atoms with E-state index in [0.29, 0.717) is 22.8 Å². The summed E-state index contributed by atoms with van der Waals surface area (Å²) in [6.07, 6.45) is 0. The molecule has 1 nitrogen and oxygen atoms in total. The van der Waals surface area contributed by atoms with Gasteiger partial charge < -0.3 is 5.32 Å². The monoisotopic (exact) mass is 251 g/mol. The fourth-order valence-corrected chi connectivity index (χ4v) is 3.40. The second-order valence-corrected chi connectivity index (χ2v) is 6.68. The summed E-state index contributed by atoms with van der Waals surface area (Å²) in [5.74, 6) is 0.668. The zero-order valence-corrected chi connectivity index (χ0v) is 12.1. The normalized spacial score (nSPS) is 23.4. The fraction of sp³-hybridized carbons (Fsp3) is 0.600. The smallest absolute Gasteiger partial charge is 0.0406 e. The van der Waals surface area contributed by atoms with Gasteiger partial charge in [-0.3, -0.25) is 0 Å². The number of hydrogen-bond acceptors (Lipinski definition) is 1. The van der Waals surface area contributed by atoms with Gasteiger partial charge in [-0.15, -0.1) is 0 Å². The molecule has 0 aliphatic heterocycles. The molecule has 0 bridgehead atoms. The summed E-state index contributed by atoms with van der Waals surface area (Å²) in [5, 5.41) is 4.27. The van der Waals surface area contributed by atoms with Crippen LogP contribution >= 0.6 is 11.6 Å². The van der Waals surface area contributed by atoms with Gasteiger partial charge in [-0.05, 0) is 41.5 Å². The Morgan fingerprint density at radius 3 is 1.88 bits per heavy atom. The summed E-state index contributed by atoms with van der Waals surface area (Å²) in [6.45, 7) is 9.44. The van der Waals surface area contributed by atoms with Gasteiger partial charge in [0.25, 0.3) is 0 Å². The molecule has 1 aliphatic carbocycles. The zero-order valence-electron chi connectivity index (χ0n) is 11.3. The third-order valence-corrected chi connectivity index (χ3v) is 5.26. The van der Waals surface area contributed by atoms with Crippen LogP contribution in [0.4, 0.5) is 0 Å². The van der Waals surface area contributed by atoms with E-state index in [9.17, 15) is 0 Å². The predicted octanol–water partition coefficient (Wildman–Crippen LogP) is 4.28. The summed E-state index contributed by atoms with van der Waals surface area (Å²) in [5.41, 5.74) is 2.11. The molecule has 0 heterocycles. The summed E-state index contributed by atoms with van der Waals surface area (Å²) < 4.78 is 0. The van der Waals surface area contributed by atoms with Crippen LogP contribution in [-0.4, -0.2) is 7.05 Å². The molecule has 0 radical (unpaired) electrons. The molecule has 1 aliphatic rings. The standard InChI is InChI=1S/C15H22ClN/c1-14(2)13(15(14,3)4)12(17-5)10-6-8-11(16)9-7-10/h6-9,12-13,17H,1-5H3. The largest absolute Gasteiger partial charge is 0.313 e. The van der Waals surface area contributed by atoms with Gasteiger partial charge in [0.2, 0.25) is 0 Å². The van der Waals surface area contributed by atoms with Gasteiger partial charge in [0, 0.05) is 11.1 Å². The average Bonchev–Trinajstić information content (AvgIpc) is 2.65. The first-order valence-electron chi connectivity index (χ1n) is 6.25. The van der Waals surface area contributed by atoms with Crippen LogP contribution in [0, 0.1) is 16.7 Å². The van der Waals surface area contributed by atoms with Crippen molar-refractivity contribution in [3.8, 4) is 0 Å². The summed E-state index contributed by atoms with van der Waals surface area (Å²) >= 11 is 5.95. The summed E-state index contributed by atoms with van der Waals surface area (Å²) in [7, 11) is 2.05. The zero-order chi connectivity index (χ0) is 12.8. The highest BCUT2D eigenvalue weighted by Gasteiger charge is 2.67. The van der Waals surface area contributed by atoms with Crippen molar-refractivity contribution in [1.29, 1.82) is 0 Å². The van der Waals surface area contributed by atoms with Crippen molar-refractivity contribution in [1.82, 2.24) is 5.32 Å². The second-order valence-electron chi connectivity index (χ2n) is 6.24. The van der Waals surface area contributed by atoms with Gasteiger partial charge in [-0.2, -0.15) is 0 Å². The van der Waals surface area contributed by atoms with E-state index < -0.39 is 0 Å². The van der Waals surface area contributed by atoms with Gasteiger partial charge in [-0.25, -0.2) is 0 Å². The lowest BCUT2D eigenvalue weighted by Crippen LogP contribution is -2.21. The molecule has 2 heteroatoms. The van der Waals surface area contributed by atoms with Crippen molar-refractivity contribution in [2.75, 3.05) is 7.05 Å². The van der Waals surface area contributed by atoms with Crippen LogP contribution in [0.5, 0.6) is 0 Å². The lowest BCUT2D eigenvalue weighted by Gasteiger charge is -2.19. The molecule has 1 saturated carbocycles. The molecule has 0 saturated heterocycles. The van der Waals surface area contributed by atoms with Gasteiger partial charge in [0.15, 0.2) is 0 Å². The first-order chi connectivity index (χ1) is 7.82. The lowest BCUT2D eigenvalue weighted by atomic mass is 9.97. The van der Waals surface area contributed by atoms with Crippen molar-refractivity contribution < 1.29 is 0 Å². The molecule has 1 atom stereocenters. The Morgan fingerprint density at radius 2 is 1.53 bits per heavy atom. The van der Waals surface area contributed by atoms with Crippen LogP contribution in [0.25, 0.3) is 0 Å². The first kappa shape index (κ1) is 12.9. The highest BCUT2D eigenvalue weighted by molar-refractivity contribution is 6.30. The van der Waals surface area contributed by atoms with E-state index >= 15 is 0 Å². The molecule has 0 amide bonds. The maximum absolute atomic E-state index is 5.95. The molecular formula is C15H22ClN. The minimum absolute atomic E-state index is 0.389. The molecule has 0 spiro atoms. The number of halogens is 1. The van der Waals surface area contributed by atoms with E-state index in [0.717, 1.165) is 5.02 Å². The highest BCUT2D eigenvalue weighted by Crippen LogP contribution is 2.72. The van der Waals surface area contributed by atoms with Crippen molar-refractivity contribution in [3.63, 3.8) is 0 Å². The van der Waals surface area contributed by atoms with Gasteiger partial charge in [0.05, 0.1) is 0 Å². The van der Waals surface area contributed by atoms with Crippen molar-refractivity contribution in [3.05, 3.63) is 34.9 Å². The SMILES string of the molecule is CNC(c1ccc(Cl)cc1)C1C(C)(C)C1(C)C. The number of benzene rings is 1. The minimum Gasteiger partial charge on any atom is -0.313 e. The molecular weight excluding hydrogens is 230 g/mol. The number of nitrogens with one attached hydrogen (secondary N) is 1. The van der Waals surface area contributed by atoms with E-state index in [1.807, 2.05) is 19.2 Å². The van der Waals surface area contributed by atoms with Gasteiger partial charge in [0.1, 0.15) is 0 Å². The molecule has 1 aromatic rings. The predicted molar refractivity (Wildman–Crippen MR) is 74.3 cm³/mol. The van der Waals surface area contributed by atoms with E-state index in [1.165, 1.54) is 5.56 Å². The molecule has 1 N–H and O–H groups in total. The first-order valence-corrected chi connectivity index (χ1v) is 6.63. The highest BCUT2D eigenvalue weighted by atomic mass is 35.5. The third-order valence-electron chi connectivity index (χ3n) is 5.01. The molecule has 1 aromatic carbocycles. The van der Waals surface area contributed by atoms with Crippen LogP contribution in [0.2, 0.25) is 5.02 Å². The Bertz CT molecular complexity index is 391. The van der Waals surface area contributed by atoms with E-state index in [1.54, 1.807) is 0 Å². The Morgan fingerprint density at radius 1 is 1.06 bits per heavy atom. The molecule has 1 unspecified atom stereocenters. The topological polar surface area (TPSA) is 12.0 Å². The van der Waals surface area contributed by atoms with Crippen molar-refractivity contribution >= 4 is 11.6 Å². The van der Waals surface area contributed by atoms with Gasteiger partial charge in [-0.1, -0.05) is 51.4 Å². The van der Waals surface area contributed by atoms with Crippen molar-refractivity contribution in [2.24, 2.45) is 16.7 Å². The Labute approximate surface area is 110 Å². The molecule has 2 rings (SSSR count). The van der Waals surface area contributed by atoms with Crippen LogP contribution < -0.4 is 5.32 Å². The van der Waals surface area contributed by atoms with Crippen LogP contribution in [0.3, 0.4) is 0 Å². The van der Waals surface area contributed by atoms with E-state index in [-0.39, 0.29) is 0 Å². The number of rotatable bonds is 3. The van der Waals surface area contributed by atoms with Crippen molar-refractivity contribution in [2.45, 2.75) is 33.7 Å². The average molecular weight is 252 g/mol. The Balaban J connectivity index is 2.28. The van der Waals surface area contributed by atoms with Gasteiger partial charge >= 0.3 is 0 Å². The lowest BCUT2D eigenvalue weighted by molar-refractivity contribution is 0.438. The molecule has 1 fully saturated rings. The minimum atomic E-state index is 0.389. The molecule has 94 valence electrons. The quantitative estimate of drug-likeness (QED) is 0.846. The third kappa shape index (κ3) is 1.90. The Kier molecular flexibility index (Phi) is 3.04. The summed E-state index contributed by atoms with van der Waals surface area (Å²) in [4.78, 5) is 0. The summed E-state index contributed by atoms with van der Waals surface area (Å²) in [6, 6.07) is 8.63. The van der Waals surface area contributed by atoms with Crippen LogP contribution in [0.15, 0.2) is 24.3 Å². The maximum Gasteiger partial charge on any atom is 0.0406 e. The molecule has 17 heavy (non-hydrogen) atoms. The fourth-order valence-electron chi connectivity index (χ4n) is 3.28. The molecule has 0 aromatic heterocycles. The van der Waals surface area contributed by atoms with E-state index in [2.05, 4.69) is 45.1 Å². The van der Waals surface area contributed by atoms with Crippen LogP contribution in [0.1, 0.15) is 39.3 Å². The Hall–Kier alpha value is -0.530. The number of hydrogen-bond donors (Lipinski definition) is 1. The second kappa shape index (κ2) is 4.00. The van der Waals surface area contributed by atoms with E-state index in [4.69, 9.17) is 11.6 Å².